The molecule has 0 aliphatic heterocycles. The lowest BCUT2D eigenvalue weighted by molar-refractivity contribution is -0.137. The van der Waals surface area contributed by atoms with Crippen molar-refractivity contribution in [2.45, 2.75) is 13.1 Å². The van der Waals surface area contributed by atoms with Crippen LogP contribution < -0.4 is 5.43 Å². The molecule has 0 aliphatic rings. The highest BCUT2D eigenvalue weighted by Gasteiger charge is 2.31. The van der Waals surface area contributed by atoms with Gasteiger partial charge in [-0.2, -0.15) is 18.3 Å². The molecule has 4 rings (SSSR count). The number of aromatic nitrogens is 2. The predicted octanol–water partition coefficient (Wildman–Crippen LogP) is 6.13. The number of anilines is 1. The van der Waals surface area contributed by atoms with Gasteiger partial charge in [0.05, 0.1) is 28.0 Å². The second kappa shape index (κ2) is 8.67. The van der Waals surface area contributed by atoms with E-state index in [2.05, 4.69) is 15.5 Å². The number of carbonyl (C=O) groups excluding carboxylic acids is 1. The van der Waals surface area contributed by atoms with Gasteiger partial charge in [-0.15, -0.1) is 0 Å². The summed E-state index contributed by atoms with van der Waals surface area (Å²) in [6.07, 6.45) is -0.753. The minimum atomic E-state index is -4.56. The van der Waals surface area contributed by atoms with Crippen molar-refractivity contribution in [1.29, 1.82) is 0 Å². The maximum atomic E-state index is 13.3. The van der Waals surface area contributed by atoms with Crippen molar-refractivity contribution >= 4 is 34.9 Å². The molecule has 168 valence electrons. The second-order valence-electron chi connectivity index (χ2n) is 7.10. The number of rotatable bonds is 5. The Morgan fingerprint density at radius 3 is 2.58 bits per heavy atom. The Morgan fingerprint density at radius 1 is 1.18 bits per heavy atom. The molecule has 0 aliphatic carbocycles. The van der Waals surface area contributed by atoms with E-state index in [0.29, 0.717) is 34.1 Å². The Labute approximate surface area is 190 Å². The fourth-order valence-corrected chi connectivity index (χ4v) is 3.58. The Bertz CT molecular complexity index is 1380. The molecular formula is C23H15ClF4N4O. The smallest absolute Gasteiger partial charge is 0.313 e. The number of halogens is 5. The van der Waals surface area contributed by atoms with Crippen molar-refractivity contribution < 1.29 is 22.4 Å². The number of ketones is 1. The number of benzene rings is 1. The minimum Gasteiger partial charge on any atom is -0.313 e. The summed E-state index contributed by atoms with van der Waals surface area (Å²) in [5.74, 6) is -0.795. The lowest BCUT2D eigenvalue weighted by Gasteiger charge is -2.08. The van der Waals surface area contributed by atoms with Gasteiger partial charge in [0.25, 0.3) is 0 Å². The van der Waals surface area contributed by atoms with E-state index in [1.807, 2.05) is 0 Å². The zero-order valence-electron chi connectivity index (χ0n) is 17.0. The van der Waals surface area contributed by atoms with Crippen molar-refractivity contribution in [3.05, 3.63) is 99.7 Å². The number of alkyl halides is 3. The molecule has 0 saturated carbocycles. The van der Waals surface area contributed by atoms with Crippen molar-refractivity contribution in [3.8, 4) is 0 Å². The summed E-state index contributed by atoms with van der Waals surface area (Å²) in [5.41, 5.74) is 4.17. The maximum Gasteiger partial charge on any atom is 0.417 e. The molecule has 3 heterocycles. The van der Waals surface area contributed by atoms with Crippen LogP contribution in [-0.4, -0.2) is 21.4 Å². The summed E-state index contributed by atoms with van der Waals surface area (Å²) in [6.45, 7) is 1.74. The highest BCUT2D eigenvalue weighted by Crippen LogP contribution is 2.32. The van der Waals surface area contributed by atoms with Gasteiger partial charge in [0.15, 0.2) is 5.82 Å². The first-order valence-electron chi connectivity index (χ1n) is 9.58. The third-order valence-electron chi connectivity index (χ3n) is 4.99. The molecule has 5 nitrogen and oxygen atoms in total. The molecule has 0 bridgehead atoms. The van der Waals surface area contributed by atoms with Crippen LogP contribution in [0.1, 0.15) is 32.7 Å². The first-order valence-corrected chi connectivity index (χ1v) is 9.96. The van der Waals surface area contributed by atoms with E-state index in [1.165, 1.54) is 30.5 Å². The van der Waals surface area contributed by atoms with E-state index in [1.54, 1.807) is 35.7 Å². The van der Waals surface area contributed by atoms with E-state index >= 15 is 0 Å². The Morgan fingerprint density at radius 2 is 1.91 bits per heavy atom. The van der Waals surface area contributed by atoms with Crippen molar-refractivity contribution in [1.82, 2.24) is 9.38 Å². The van der Waals surface area contributed by atoms with Crippen LogP contribution in [0.5, 0.6) is 0 Å². The van der Waals surface area contributed by atoms with E-state index in [4.69, 9.17) is 11.6 Å². The molecule has 3 aromatic heterocycles. The predicted molar refractivity (Wildman–Crippen MR) is 117 cm³/mol. The monoisotopic (exact) mass is 474 g/mol. The molecule has 0 fully saturated rings. The average molecular weight is 475 g/mol. The average Bonchev–Trinajstić information content (AvgIpc) is 3.05. The van der Waals surface area contributed by atoms with Gasteiger partial charge in [0.1, 0.15) is 5.82 Å². The SMILES string of the molecule is Cc1c(C=NNc2ncc(C(F)(F)F)cc2Cl)c2ccccn2c1C(=O)c1ccc(F)cc1. The van der Waals surface area contributed by atoms with E-state index < -0.39 is 17.6 Å². The van der Waals surface area contributed by atoms with Crippen LogP contribution in [0.2, 0.25) is 5.02 Å². The number of fused-ring (bicyclic) bond motifs is 1. The fourth-order valence-electron chi connectivity index (χ4n) is 3.37. The standard InChI is InChI=1S/C23H15ClF4N4O/c1-13-17(12-30-31-22-18(24)10-15(11-29-22)23(26,27)28)19-4-2-3-9-32(19)20(13)21(33)14-5-7-16(25)8-6-14/h2-12H,1H3,(H,29,31). The molecule has 0 amide bonds. The first-order chi connectivity index (χ1) is 15.7. The molecule has 10 heteroatoms. The van der Waals surface area contributed by atoms with Crippen LogP contribution in [0, 0.1) is 12.7 Å². The molecule has 1 aromatic carbocycles. The van der Waals surface area contributed by atoms with Crippen LogP contribution >= 0.6 is 11.6 Å². The summed E-state index contributed by atoms with van der Waals surface area (Å²) in [5, 5.41) is 3.81. The molecule has 4 aromatic rings. The Hall–Kier alpha value is -3.72. The summed E-state index contributed by atoms with van der Waals surface area (Å²) in [7, 11) is 0. The summed E-state index contributed by atoms with van der Waals surface area (Å²) < 4.78 is 53.3. The van der Waals surface area contributed by atoms with E-state index in [0.717, 1.165) is 6.07 Å². The number of hydrazone groups is 1. The van der Waals surface area contributed by atoms with Gasteiger partial charge >= 0.3 is 6.18 Å². The molecule has 1 N–H and O–H groups in total. The van der Waals surface area contributed by atoms with Gasteiger partial charge < -0.3 is 4.40 Å². The highest BCUT2D eigenvalue weighted by atomic mass is 35.5. The number of nitrogens with zero attached hydrogens (tertiary/aromatic N) is 3. The van der Waals surface area contributed by atoms with Crippen LogP contribution in [-0.2, 0) is 6.18 Å². The van der Waals surface area contributed by atoms with Crippen molar-refractivity contribution in [2.24, 2.45) is 5.10 Å². The van der Waals surface area contributed by atoms with E-state index in [-0.39, 0.29) is 16.6 Å². The molecule has 0 unspecified atom stereocenters. The largest absolute Gasteiger partial charge is 0.417 e. The van der Waals surface area contributed by atoms with Gasteiger partial charge in [-0.25, -0.2) is 9.37 Å². The second-order valence-corrected chi connectivity index (χ2v) is 7.51. The molecule has 0 radical (unpaired) electrons. The zero-order valence-corrected chi connectivity index (χ0v) is 17.7. The van der Waals surface area contributed by atoms with E-state index in [9.17, 15) is 22.4 Å². The van der Waals surface area contributed by atoms with Gasteiger partial charge in [-0.05, 0) is 55.0 Å². The summed E-state index contributed by atoms with van der Waals surface area (Å²) in [4.78, 5) is 16.8. The topological polar surface area (TPSA) is 58.8 Å². The fraction of sp³-hybridized carbons (Fsp3) is 0.0870. The highest BCUT2D eigenvalue weighted by molar-refractivity contribution is 6.33. The number of pyridine rings is 2. The van der Waals surface area contributed by atoms with Gasteiger partial charge in [0.2, 0.25) is 5.78 Å². The maximum absolute atomic E-state index is 13.3. The Kier molecular flexibility index (Phi) is 5.90. The van der Waals surface area contributed by atoms with Gasteiger partial charge in [0, 0.05) is 23.5 Å². The van der Waals surface area contributed by atoms with Crippen LogP contribution in [0.4, 0.5) is 23.4 Å². The molecule has 0 spiro atoms. The van der Waals surface area contributed by atoms with Crippen LogP contribution in [0.25, 0.3) is 5.52 Å². The Balaban J connectivity index is 1.68. The third kappa shape index (κ3) is 4.45. The third-order valence-corrected chi connectivity index (χ3v) is 5.28. The summed E-state index contributed by atoms with van der Waals surface area (Å²) in [6, 6.07) is 11.3. The van der Waals surface area contributed by atoms with Gasteiger partial charge in [-0.1, -0.05) is 17.7 Å². The van der Waals surface area contributed by atoms with Gasteiger partial charge in [-0.3, -0.25) is 10.2 Å². The lowest BCUT2D eigenvalue weighted by atomic mass is 10.0. The van der Waals surface area contributed by atoms with Crippen LogP contribution in [0.3, 0.4) is 0 Å². The first kappa shape index (κ1) is 22.5. The van der Waals surface area contributed by atoms with Crippen molar-refractivity contribution in [2.75, 3.05) is 5.43 Å². The molecule has 0 atom stereocenters. The van der Waals surface area contributed by atoms with Crippen molar-refractivity contribution in [3.63, 3.8) is 0 Å². The number of hydrogen-bond donors (Lipinski definition) is 1. The summed E-state index contributed by atoms with van der Waals surface area (Å²) >= 11 is 5.89. The molecule has 33 heavy (non-hydrogen) atoms. The van der Waals surface area contributed by atoms with Crippen LogP contribution in [0.15, 0.2) is 66.0 Å². The quantitative estimate of drug-likeness (QED) is 0.164. The number of nitrogens with one attached hydrogen (secondary N) is 1. The molecule has 0 saturated heterocycles. The lowest BCUT2D eigenvalue weighted by Crippen LogP contribution is -2.07. The normalized spacial score (nSPS) is 11.9. The number of carbonyl (C=O) groups is 1. The minimum absolute atomic E-state index is 0.0512. The molecular weight excluding hydrogens is 460 g/mol. The number of hydrogen-bond acceptors (Lipinski definition) is 4. The zero-order chi connectivity index (χ0) is 23.8.